The van der Waals surface area contributed by atoms with Crippen LogP contribution in [-0.4, -0.2) is 35.8 Å². The highest BCUT2D eigenvalue weighted by atomic mass is 32.2. The fourth-order valence-corrected chi connectivity index (χ4v) is 3.17. The quantitative estimate of drug-likeness (QED) is 0.705. The molecule has 0 heterocycles. The van der Waals surface area contributed by atoms with Crippen LogP contribution in [-0.2, 0) is 0 Å². The van der Waals surface area contributed by atoms with Gasteiger partial charge in [0.2, 0.25) is 0 Å². The number of rotatable bonds is 7. The van der Waals surface area contributed by atoms with Gasteiger partial charge in [-0.2, -0.15) is 11.8 Å². The molecule has 0 aromatic rings. The van der Waals surface area contributed by atoms with Crippen LogP contribution in [0.1, 0.15) is 39.0 Å². The van der Waals surface area contributed by atoms with E-state index in [1.807, 2.05) is 11.8 Å². The van der Waals surface area contributed by atoms with Crippen LogP contribution in [0, 0.1) is 5.92 Å². The van der Waals surface area contributed by atoms with E-state index >= 15 is 0 Å². The standard InChI is InChI=1S/C12H25NOS/c1-3-10-4-5-11(8-10)13-12(6-7-14)9-15-2/h10-14H,3-9H2,1-2H3. The summed E-state index contributed by atoms with van der Waals surface area (Å²) < 4.78 is 0. The maximum Gasteiger partial charge on any atom is 0.0446 e. The summed E-state index contributed by atoms with van der Waals surface area (Å²) in [7, 11) is 0. The molecule has 0 aromatic heterocycles. The van der Waals surface area contributed by atoms with Crippen molar-refractivity contribution in [2.75, 3.05) is 18.6 Å². The number of thioether (sulfide) groups is 1. The van der Waals surface area contributed by atoms with Crippen molar-refractivity contribution in [2.24, 2.45) is 5.92 Å². The highest BCUT2D eigenvalue weighted by Gasteiger charge is 2.24. The SMILES string of the molecule is CCC1CCC(NC(CCO)CSC)C1. The Morgan fingerprint density at radius 2 is 2.27 bits per heavy atom. The lowest BCUT2D eigenvalue weighted by Gasteiger charge is -2.21. The van der Waals surface area contributed by atoms with Crippen molar-refractivity contribution in [1.82, 2.24) is 5.32 Å². The van der Waals surface area contributed by atoms with Gasteiger partial charge in [-0.3, -0.25) is 0 Å². The van der Waals surface area contributed by atoms with Crippen molar-refractivity contribution in [3.05, 3.63) is 0 Å². The number of hydrogen-bond donors (Lipinski definition) is 2. The molecule has 0 saturated heterocycles. The highest BCUT2D eigenvalue weighted by Crippen LogP contribution is 2.28. The van der Waals surface area contributed by atoms with Crippen molar-refractivity contribution >= 4 is 11.8 Å². The Kier molecular flexibility index (Phi) is 6.69. The number of aliphatic hydroxyl groups is 1. The van der Waals surface area contributed by atoms with Crippen LogP contribution < -0.4 is 5.32 Å². The maximum absolute atomic E-state index is 8.99. The molecule has 0 aromatic carbocycles. The van der Waals surface area contributed by atoms with Crippen molar-refractivity contribution in [3.8, 4) is 0 Å². The molecule has 3 atom stereocenters. The van der Waals surface area contributed by atoms with E-state index in [0.29, 0.717) is 18.7 Å². The molecule has 1 rings (SSSR count). The minimum absolute atomic E-state index is 0.308. The third kappa shape index (κ3) is 4.75. The Balaban J connectivity index is 2.25. The van der Waals surface area contributed by atoms with Crippen LogP contribution in [0.25, 0.3) is 0 Å². The second kappa shape index (κ2) is 7.53. The van der Waals surface area contributed by atoms with Crippen molar-refractivity contribution < 1.29 is 5.11 Å². The summed E-state index contributed by atoms with van der Waals surface area (Å²) in [6.07, 6.45) is 8.41. The lowest BCUT2D eigenvalue weighted by molar-refractivity contribution is 0.263. The Labute approximate surface area is 98.2 Å². The molecule has 3 heteroatoms. The summed E-state index contributed by atoms with van der Waals surface area (Å²) in [5.74, 6) is 2.06. The molecule has 2 N–H and O–H groups in total. The second-order valence-electron chi connectivity index (χ2n) is 4.62. The van der Waals surface area contributed by atoms with Gasteiger partial charge in [-0.15, -0.1) is 0 Å². The summed E-state index contributed by atoms with van der Waals surface area (Å²) in [4.78, 5) is 0. The molecule has 1 saturated carbocycles. The second-order valence-corrected chi connectivity index (χ2v) is 5.53. The minimum atomic E-state index is 0.308. The van der Waals surface area contributed by atoms with E-state index in [1.165, 1.54) is 25.7 Å². The zero-order chi connectivity index (χ0) is 11.1. The first-order chi connectivity index (χ1) is 7.30. The third-order valence-corrected chi connectivity index (χ3v) is 4.17. The molecule has 1 fully saturated rings. The molecule has 2 nitrogen and oxygen atoms in total. The topological polar surface area (TPSA) is 32.3 Å². The highest BCUT2D eigenvalue weighted by molar-refractivity contribution is 7.98. The Morgan fingerprint density at radius 3 is 2.80 bits per heavy atom. The predicted molar refractivity (Wildman–Crippen MR) is 68.4 cm³/mol. The van der Waals surface area contributed by atoms with Crippen LogP contribution in [0.5, 0.6) is 0 Å². The number of nitrogens with one attached hydrogen (secondary N) is 1. The van der Waals surface area contributed by atoms with Crippen LogP contribution in [0.2, 0.25) is 0 Å². The number of hydrogen-bond acceptors (Lipinski definition) is 3. The predicted octanol–water partition coefficient (Wildman–Crippen LogP) is 2.27. The van der Waals surface area contributed by atoms with Gasteiger partial charge < -0.3 is 10.4 Å². The monoisotopic (exact) mass is 231 g/mol. The largest absolute Gasteiger partial charge is 0.396 e. The van der Waals surface area contributed by atoms with Crippen LogP contribution in [0.15, 0.2) is 0 Å². The van der Waals surface area contributed by atoms with E-state index in [4.69, 9.17) is 5.11 Å². The van der Waals surface area contributed by atoms with Gasteiger partial charge in [-0.1, -0.05) is 13.3 Å². The van der Waals surface area contributed by atoms with Gasteiger partial charge in [-0.05, 0) is 37.9 Å². The first-order valence-corrected chi connectivity index (χ1v) is 7.55. The first kappa shape index (κ1) is 13.3. The molecule has 90 valence electrons. The van der Waals surface area contributed by atoms with Crippen molar-refractivity contribution in [3.63, 3.8) is 0 Å². The summed E-state index contributed by atoms with van der Waals surface area (Å²) in [5.41, 5.74) is 0. The van der Waals surface area contributed by atoms with E-state index in [-0.39, 0.29) is 0 Å². The van der Waals surface area contributed by atoms with Crippen LogP contribution in [0.3, 0.4) is 0 Å². The summed E-state index contributed by atoms with van der Waals surface area (Å²) >= 11 is 1.87. The van der Waals surface area contributed by atoms with Crippen molar-refractivity contribution in [2.45, 2.75) is 51.1 Å². The smallest absolute Gasteiger partial charge is 0.0446 e. The molecule has 3 unspecified atom stereocenters. The molecular formula is C12H25NOS. The van der Waals surface area contributed by atoms with Gasteiger partial charge in [0, 0.05) is 24.4 Å². The maximum atomic E-state index is 8.99. The molecule has 0 amide bonds. The fourth-order valence-electron chi connectivity index (χ4n) is 2.50. The third-order valence-electron chi connectivity index (χ3n) is 3.44. The average molecular weight is 231 g/mol. The van der Waals surface area contributed by atoms with Gasteiger partial charge in [0.25, 0.3) is 0 Å². The van der Waals surface area contributed by atoms with Crippen LogP contribution >= 0.6 is 11.8 Å². The summed E-state index contributed by atoms with van der Waals surface area (Å²) in [6, 6.07) is 1.21. The molecule has 0 radical (unpaired) electrons. The lowest BCUT2D eigenvalue weighted by atomic mass is 10.1. The van der Waals surface area contributed by atoms with Crippen molar-refractivity contribution in [1.29, 1.82) is 0 Å². The minimum Gasteiger partial charge on any atom is -0.396 e. The van der Waals surface area contributed by atoms with Gasteiger partial charge in [0.15, 0.2) is 0 Å². The van der Waals surface area contributed by atoms with E-state index in [2.05, 4.69) is 18.5 Å². The van der Waals surface area contributed by atoms with E-state index in [0.717, 1.165) is 18.1 Å². The molecule has 0 spiro atoms. The van der Waals surface area contributed by atoms with Gasteiger partial charge >= 0.3 is 0 Å². The zero-order valence-electron chi connectivity index (χ0n) is 10.0. The summed E-state index contributed by atoms with van der Waals surface area (Å²) in [5, 5.41) is 12.7. The van der Waals surface area contributed by atoms with E-state index in [9.17, 15) is 0 Å². The Morgan fingerprint density at radius 1 is 1.47 bits per heavy atom. The average Bonchev–Trinajstić information content (AvgIpc) is 2.66. The normalized spacial score (nSPS) is 28.2. The fraction of sp³-hybridized carbons (Fsp3) is 1.00. The molecule has 1 aliphatic rings. The van der Waals surface area contributed by atoms with E-state index < -0.39 is 0 Å². The van der Waals surface area contributed by atoms with E-state index in [1.54, 1.807) is 0 Å². The number of aliphatic hydroxyl groups excluding tert-OH is 1. The Bertz CT molecular complexity index is 160. The molecule has 15 heavy (non-hydrogen) atoms. The molecular weight excluding hydrogens is 206 g/mol. The van der Waals surface area contributed by atoms with Crippen LogP contribution in [0.4, 0.5) is 0 Å². The molecule has 0 bridgehead atoms. The lowest BCUT2D eigenvalue weighted by Crippen LogP contribution is -2.39. The Hall–Kier alpha value is 0.270. The molecule has 0 aliphatic heterocycles. The molecule has 1 aliphatic carbocycles. The summed E-state index contributed by atoms with van der Waals surface area (Å²) in [6.45, 7) is 2.60. The first-order valence-electron chi connectivity index (χ1n) is 6.16. The van der Waals surface area contributed by atoms with Gasteiger partial charge in [0.1, 0.15) is 0 Å². The van der Waals surface area contributed by atoms with Gasteiger partial charge in [-0.25, -0.2) is 0 Å². The zero-order valence-corrected chi connectivity index (χ0v) is 10.9. The van der Waals surface area contributed by atoms with Gasteiger partial charge in [0.05, 0.1) is 0 Å².